The lowest BCUT2D eigenvalue weighted by Crippen LogP contribution is -2.17. The number of hydrogen-bond donors (Lipinski definition) is 0. The number of rotatable bonds is 8. The Hall–Kier alpha value is -2.12. The van der Waals surface area contributed by atoms with Crippen molar-refractivity contribution in [2.24, 2.45) is 0 Å². The maximum atomic E-state index is 12.8. The van der Waals surface area contributed by atoms with E-state index >= 15 is 0 Å². The standard InChI is InChI=1S/C22H25N3O2S2/c1-27-20-12-6-5-11-18(20)19(26)15-29-22-24-23-21(14-17-10-7-13-28-17)25(22)16-8-3-2-4-9-16/h5-7,10-13,16H,2-4,8-9,14-15H2,1H3. The normalized spacial score (nSPS) is 14.8. The van der Waals surface area contributed by atoms with Crippen molar-refractivity contribution in [1.82, 2.24) is 14.8 Å². The lowest BCUT2D eigenvalue weighted by molar-refractivity contribution is 0.101. The molecule has 1 aliphatic carbocycles. The molecule has 0 unspecified atom stereocenters. The number of benzene rings is 1. The molecule has 4 rings (SSSR count). The van der Waals surface area contributed by atoms with Crippen LogP contribution in [0.3, 0.4) is 0 Å². The minimum absolute atomic E-state index is 0.0467. The molecule has 0 spiro atoms. The molecule has 5 nitrogen and oxygen atoms in total. The second-order valence-corrected chi connectivity index (χ2v) is 9.20. The first kappa shape index (κ1) is 20.2. The molecule has 0 amide bonds. The summed E-state index contributed by atoms with van der Waals surface area (Å²) in [5, 5.41) is 11.9. The predicted molar refractivity (Wildman–Crippen MR) is 117 cm³/mol. The second kappa shape index (κ2) is 9.59. The van der Waals surface area contributed by atoms with E-state index in [9.17, 15) is 4.79 Å². The predicted octanol–water partition coefficient (Wildman–Crippen LogP) is 5.42. The molecule has 29 heavy (non-hydrogen) atoms. The first-order valence-corrected chi connectivity index (χ1v) is 11.9. The van der Waals surface area contributed by atoms with Gasteiger partial charge in [-0.25, -0.2) is 0 Å². The Kier molecular flexibility index (Phi) is 6.67. The number of thiophene rings is 1. The lowest BCUT2D eigenvalue weighted by atomic mass is 9.95. The average molecular weight is 428 g/mol. The van der Waals surface area contributed by atoms with E-state index in [2.05, 4.69) is 32.3 Å². The molecule has 0 atom stereocenters. The van der Waals surface area contributed by atoms with Gasteiger partial charge in [0.05, 0.1) is 18.4 Å². The van der Waals surface area contributed by atoms with Crippen molar-refractivity contribution in [1.29, 1.82) is 0 Å². The van der Waals surface area contributed by atoms with Crippen molar-refractivity contribution >= 4 is 28.9 Å². The largest absolute Gasteiger partial charge is 0.496 e. The first-order valence-electron chi connectivity index (χ1n) is 10.0. The van der Waals surface area contributed by atoms with Crippen molar-refractivity contribution in [2.75, 3.05) is 12.9 Å². The first-order chi connectivity index (χ1) is 14.3. The van der Waals surface area contributed by atoms with Gasteiger partial charge in [-0.3, -0.25) is 4.79 Å². The molecule has 1 saturated carbocycles. The number of Topliss-reactive ketones (excluding diaryl/α,β-unsaturated/α-hetero) is 1. The second-order valence-electron chi connectivity index (χ2n) is 7.23. The lowest BCUT2D eigenvalue weighted by Gasteiger charge is -2.25. The third-order valence-electron chi connectivity index (χ3n) is 5.33. The van der Waals surface area contributed by atoms with Crippen LogP contribution in [0, 0.1) is 0 Å². The zero-order valence-corrected chi connectivity index (χ0v) is 18.2. The van der Waals surface area contributed by atoms with Gasteiger partial charge in [0.25, 0.3) is 0 Å². The number of ketones is 1. The molecule has 2 aromatic heterocycles. The Morgan fingerprint density at radius 2 is 2.00 bits per heavy atom. The summed E-state index contributed by atoms with van der Waals surface area (Å²) < 4.78 is 7.64. The Bertz CT molecular complexity index is 947. The Morgan fingerprint density at radius 3 is 2.76 bits per heavy atom. The van der Waals surface area contributed by atoms with Gasteiger partial charge in [0.15, 0.2) is 10.9 Å². The molecule has 0 aliphatic heterocycles. The fourth-order valence-corrected chi connectivity index (χ4v) is 5.49. The summed E-state index contributed by atoms with van der Waals surface area (Å²) >= 11 is 3.23. The zero-order chi connectivity index (χ0) is 20.1. The highest BCUT2D eigenvalue weighted by molar-refractivity contribution is 7.99. The molecular weight excluding hydrogens is 402 g/mol. The number of methoxy groups -OCH3 is 1. The average Bonchev–Trinajstić information content (AvgIpc) is 3.43. The third-order valence-corrected chi connectivity index (χ3v) is 7.15. The van der Waals surface area contributed by atoms with Crippen LogP contribution in [0.1, 0.15) is 59.2 Å². The summed E-state index contributed by atoms with van der Waals surface area (Å²) in [6, 6.07) is 12.0. The highest BCUT2D eigenvalue weighted by atomic mass is 32.2. The number of aromatic nitrogens is 3. The van der Waals surface area contributed by atoms with Gasteiger partial charge in [-0.2, -0.15) is 0 Å². The molecule has 152 valence electrons. The summed E-state index contributed by atoms with van der Waals surface area (Å²) in [5.41, 5.74) is 0.616. The van der Waals surface area contributed by atoms with Crippen LogP contribution in [0.25, 0.3) is 0 Å². The van der Waals surface area contributed by atoms with Gasteiger partial charge >= 0.3 is 0 Å². The van der Waals surface area contributed by atoms with Crippen molar-refractivity contribution in [2.45, 2.75) is 49.7 Å². The van der Waals surface area contributed by atoms with Crippen LogP contribution in [0.15, 0.2) is 46.9 Å². The fraction of sp³-hybridized carbons (Fsp3) is 0.409. The van der Waals surface area contributed by atoms with Gasteiger partial charge in [0, 0.05) is 17.3 Å². The van der Waals surface area contributed by atoms with Gasteiger partial charge < -0.3 is 9.30 Å². The summed E-state index contributed by atoms with van der Waals surface area (Å²) in [4.78, 5) is 14.1. The molecule has 0 N–H and O–H groups in total. The highest BCUT2D eigenvalue weighted by Crippen LogP contribution is 2.34. The van der Waals surface area contributed by atoms with E-state index < -0.39 is 0 Å². The minimum Gasteiger partial charge on any atom is -0.496 e. The van der Waals surface area contributed by atoms with Crippen LogP contribution in [0.2, 0.25) is 0 Å². The van der Waals surface area contributed by atoms with Gasteiger partial charge in [0.1, 0.15) is 11.6 Å². The van der Waals surface area contributed by atoms with E-state index in [4.69, 9.17) is 4.74 Å². The smallest absolute Gasteiger partial charge is 0.191 e. The molecule has 1 aromatic carbocycles. The van der Waals surface area contributed by atoms with Gasteiger partial charge in [-0.15, -0.1) is 21.5 Å². The molecule has 1 aliphatic rings. The van der Waals surface area contributed by atoms with Gasteiger partial charge in [-0.1, -0.05) is 49.2 Å². The van der Waals surface area contributed by atoms with E-state index in [-0.39, 0.29) is 5.78 Å². The summed E-state index contributed by atoms with van der Waals surface area (Å²) in [6.45, 7) is 0. The van der Waals surface area contributed by atoms with Crippen LogP contribution >= 0.6 is 23.1 Å². The number of carbonyl (C=O) groups excluding carboxylic acids is 1. The van der Waals surface area contributed by atoms with Crippen LogP contribution < -0.4 is 4.74 Å². The topological polar surface area (TPSA) is 57.0 Å². The van der Waals surface area contributed by atoms with Gasteiger partial charge in [-0.05, 0) is 36.4 Å². The SMILES string of the molecule is COc1ccccc1C(=O)CSc1nnc(Cc2cccs2)n1C1CCCCC1. The molecule has 0 bridgehead atoms. The monoisotopic (exact) mass is 427 g/mol. The van der Waals surface area contributed by atoms with Crippen molar-refractivity contribution in [3.05, 3.63) is 58.0 Å². The Labute approximate surface area is 179 Å². The summed E-state index contributed by atoms with van der Waals surface area (Å²) in [6.07, 6.45) is 6.89. The minimum atomic E-state index is 0.0467. The number of para-hydroxylation sites is 1. The number of nitrogens with zero attached hydrogens (tertiary/aromatic N) is 3. The molecule has 1 fully saturated rings. The van der Waals surface area contributed by atoms with Crippen LogP contribution in [0.4, 0.5) is 0 Å². The van der Waals surface area contributed by atoms with Crippen LogP contribution in [0.5, 0.6) is 5.75 Å². The van der Waals surface area contributed by atoms with Crippen molar-refractivity contribution in [3.8, 4) is 5.75 Å². The van der Waals surface area contributed by atoms with E-state index in [1.807, 2.05) is 24.3 Å². The fourth-order valence-electron chi connectivity index (χ4n) is 3.88. The van der Waals surface area contributed by atoms with Crippen molar-refractivity contribution < 1.29 is 9.53 Å². The van der Waals surface area contributed by atoms with E-state index in [0.717, 1.165) is 30.2 Å². The highest BCUT2D eigenvalue weighted by Gasteiger charge is 2.24. The van der Waals surface area contributed by atoms with Crippen LogP contribution in [-0.2, 0) is 6.42 Å². The zero-order valence-electron chi connectivity index (χ0n) is 16.5. The number of hydrogen-bond acceptors (Lipinski definition) is 6. The number of thioether (sulfide) groups is 1. The van der Waals surface area contributed by atoms with E-state index in [0.29, 0.717) is 23.1 Å². The van der Waals surface area contributed by atoms with E-state index in [1.54, 1.807) is 18.4 Å². The molecule has 3 aromatic rings. The maximum Gasteiger partial charge on any atom is 0.191 e. The summed E-state index contributed by atoms with van der Waals surface area (Å²) in [5.74, 6) is 1.99. The van der Waals surface area contributed by atoms with Crippen molar-refractivity contribution in [3.63, 3.8) is 0 Å². The molecular formula is C22H25N3O2S2. The molecule has 7 heteroatoms. The van der Waals surface area contributed by atoms with Crippen LogP contribution in [-0.4, -0.2) is 33.4 Å². The molecule has 0 saturated heterocycles. The summed E-state index contributed by atoms with van der Waals surface area (Å²) in [7, 11) is 1.59. The Balaban J connectivity index is 1.54. The molecule has 2 heterocycles. The maximum absolute atomic E-state index is 12.8. The quantitative estimate of drug-likeness (QED) is 0.355. The number of ether oxygens (including phenoxy) is 1. The molecule has 0 radical (unpaired) electrons. The van der Waals surface area contributed by atoms with Gasteiger partial charge in [0.2, 0.25) is 0 Å². The third kappa shape index (κ3) is 4.73. The number of carbonyl (C=O) groups is 1. The Morgan fingerprint density at radius 1 is 1.17 bits per heavy atom. The van der Waals surface area contributed by atoms with E-state index in [1.165, 1.54) is 35.9 Å².